The van der Waals surface area contributed by atoms with Crippen LogP contribution < -0.4 is 0 Å². The maximum Gasteiger partial charge on any atom is 0.500 e. The zero-order valence-electron chi connectivity index (χ0n) is 10.4. The third kappa shape index (κ3) is 4.37. The molecule has 0 atom stereocenters. The van der Waals surface area contributed by atoms with E-state index in [1.54, 1.807) is 14.2 Å². The van der Waals surface area contributed by atoms with Gasteiger partial charge in [-0.2, -0.15) is 12.6 Å². The third-order valence-electron chi connectivity index (χ3n) is 3.16. The van der Waals surface area contributed by atoms with Crippen LogP contribution in [0.2, 0.25) is 6.04 Å². The number of thiol groups is 1. The second-order valence-corrected chi connectivity index (χ2v) is 7.66. The summed E-state index contributed by atoms with van der Waals surface area (Å²) in [4.78, 5) is 0. The molecule has 0 aromatic carbocycles. The molecule has 1 fully saturated rings. The minimum atomic E-state index is -2.40. The lowest BCUT2D eigenvalue weighted by Crippen LogP contribution is -2.47. The van der Waals surface area contributed by atoms with Gasteiger partial charge in [0, 0.05) is 26.4 Å². The Labute approximate surface area is 106 Å². The topological polar surface area (TPSA) is 27.7 Å². The van der Waals surface area contributed by atoms with Crippen LogP contribution in [-0.4, -0.2) is 34.9 Å². The van der Waals surface area contributed by atoms with Crippen molar-refractivity contribution in [2.24, 2.45) is 0 Å². The predicted octanol–water partition coefficient (Wildman–Crippen LogP) is 2.89. The fraction of sp³-hybridized carbons (Fsp3) is 1.00. The van der Waals surface area contributed by atoms with E-state index in [2.05, 4.69) is 12.6 Å². The van der Waals surface area contributed by atoms with Gasteiger partial charge in [-0.05, 0) is 25.0 Å². The van der Waals surface area contributed by atoms with E-state index in [1.807, 2.05) is 0 Å². The van der Waals surface area contributed by atoms with Gasteiger partial charge in [0.15, 0.2) is 0 Å². The number of hydrogen-bond donors (Lipinski definition) is 1. The molecule has 0 saturated heterocycles. The highest BCUT2D eigenvalue weighted by Gasteiger charge is 2.40. The van der Waals surface area contributed by atoms with Gasteiger partial charge in [-0.3, -0.25) is 0 Å². The Hall–Kier alpha value is 0.447. The van der Waals surface area contributed by atoms with Crippen molar-refractivity contribution in [3.05, 3.63) is 0 Å². The van der Waals surface area contributed by atoms with E-state index in [9.17, 15) is 0 Å². The normalized spacial score (nSPS) is 18.9. The van der Waals surface area contributed by atoms with E-state index in [1.165, 1.54) is 19.3 Å². The summed E-state index contributed by atoms with van der Waals surface area (Å²) in [5.74, 6) is 0.857. The van der Waals surface area contributed by atoms with Crippen molar-refractivity contribution < 1.29 is 13.3 Å². The molecule has 1 aliphatic carbocycles. The van der Waals surface area contributed by atoms with Gasteiger partial charge in [-0.15, -0.1) is 0 Å². The van der Waals surface area contributed by atoms with Gasteiger partial charge >= 0.3 is 8.80 Å². The summed E-state index contributed by atoms with van der Waals surface area (Å²) in [6.07, 6.45) is 7.53. The summed E-state index contributed by atoms with van der Waals surface area (Å²) in [6.45, 7) is 0. The molecule has 1 saturated carbocycles. The first-order chi connectivity index (χ1) is 7.76. The molecule has 5 heteroatoms. The number of rotatable bonds is 7. The molecule has 96 valence electrons. The van der Waals surface area contributed by atoms with Crippen molar-refractivity contribution in [1.29, 1.82) is 0 Å². The van der Waals surface area contributed by atoms with Crippen LogP contribution in [0.1, 0.15) is 38.5 Å². The molecule has 0 aliphatic heterocycles. The molecule has 1 rings (SSSR count). The van der Waals surface area contributed by atoms with Crippen molar-refractivity contribution in [2.75, 3.05) is 20.0 Å². The fourth-order valence-electron chi connectivity index (χ4n) is 2.18. The van der Waals surface area contributed by atoms with Gasteiger partial charge in [0.05, 0.1) is 0 Å². The second kappa shape index (κ2) is 7.71. The van der Waals surface area contributed by atoms with Crippen LogP contribution >= 0.6 is 12.6 Å². The Morgan fingerprint density at radius 2 is 1.75 bits per heavy atom. The molecule has 0 bridgehead atoms. The number of hydrogen-bond acceptors (Lipinski definition) is 4. The highest BCUT2D eigenvalue weighted by molar-refractivity contribution is 7.80. The molecule has 3 nitrogen and oxygen atoms in total. The molecule has 0 amide bonds. The van der Waals surface area contributed by atoms with E-state index >= 15 is 0 Å². The molecule has 0 unspecified atom stereocenters. The molecule has 1 aliphatic rings. The molecule has 0 spiro atoms. The minimum absolute atomic E-state index is 0.347. The van der Waals surface area contributed by atoms with Crippen LogP contribution in [0, 0.1) is 0 Å². The second-order valence-electron chi connectivity index (χ2n) is 4.30. The standard InChI is InChI=1S/C11H24O3SSi/c1-12-16(13-2,10-6-9-15)14-11-7-4-3-5-8-11/h11,15H,3-10H2,1-2H3. The van der Waals surface area contributed by atoms with Crippen LogP contribution in [0.15, 0.2) is 0 Å². The summed E-state index contributed by atoms with van der Waals surface area (Å²) in [6, 6.07) is 0.875. The average molecular weight is 264 g/mol. The Kier molecular flexibility index (Phi) is 6.99. The smallest absolute Gasteiger partial charge is 0.377 e. The highest BCUT2D eigenvalue weighted by atomic mass is 32.1. The van der Waals surface area contributed by atoms with E-state index in [4.69, 9.17) is 13.3 Å². The molecular weight excluding hydrogens is 240 g/mol. The van der Waals surface area contributed by atoms with Crippen molar-refractivity contribution in [3.8, 4) is 0 Å². The lowest BCUT2D eigenvalue weighted by molar-refractivity contribution is 0.0380. The van der Waals surface area contributed by atoms with E-state index in [-0.39, 0.29) is 0 Å². The zero-order valence-corrected chi connectivity index (χ0v) is 12.3. The summed E-state index contributed by atoms with van der Waals surface area (Å²) in [5, 5.41) is 0. The van der Waals surface area contributed by atoms with Gasteiger partial charge in [-0.1, -0.05) is 19.3 Å². The lowest BCUT2D eigenvalue weighted by Gasteiger charge is -2.32. The maximum absolute atomic E-state index is 6.14. The quantitative estimate of drug-likeness (QED) is 0.566. The Bertz CT molecular complexity index is 182. The lowest BCUT2D eigenvalue weighted by atomic mass is 9.98. The molecule has 0 aromatic heterocycles. The van der Waals surface area contributed by atoms with Crippen LogP contribution in [0.5, 0.6) is 0 Å². The van der Waals surface area contributed by atoms with Crippen molar-refractivity contribution in [3.63, 3.8) is 0 Å². The fourth-order valence-corrected chi connectivity index (χ4v) is 4.87. The van der Waals surface area contributed by atoms with Crippen molar-refractivity contribution in [2.45, 2.75) is 50.7 Å². The van der Waals surface area contributed by atoms with Gasteiger partial charge in [0.1, 0.15) is 0 Å². The van der Waals surface area contributed by atoms with E-state index in [0.29, 0.717) is 6.10 Å². The van der Waals surface area contributed by atoms with Crippen molar-refractivity contribution >= 4 is 21.4 Å². The Balaban J connectivity index is 2.46. The predicted molar refractivity (Wildman–Crippen MR) is 71.0 cm³/mol. The van der Waals surface area contributed by atoms with Crippen LogP contribution in [0.4, 0.5) is 0 Å². The maximum atomic E-state index is 6.14. The van der Waals surface area contributed by atoms with Gasteiger partial charge in [0.25, 0.3) is 0 Å². The van der Waals surface area contributed by atoms with Gasteiger partial charge < -0.3 is 13.3 Å². The summed E-state index contributed by atoms with van der Waals surface area (Å²) in [7, 11) is 1.01. The van der Waals surface area contributed by atoms with Crippen LogP contribution in [0.25, 0.3) is 0 Å². The molecule has 0 heterocycles. The monoisotopic (exact) mass is 264 g/mol. The van der Waals surface area contributed by atoms with Gasteiger partial charge in [0.2, 0.25) is 0 Å². The summed E-state index contributed by atoms with van der Waals surface area (Å²) >= 11 is 4.23. The first-order valence-corrected chi connectivity index (χ1v) is 8.72. The first kappa shape index (κ1) is 14.5. The minimum Gasteiger partial charge on any atom is -0.377 e. The van der Waals surface area contributed by atoms with E-state index in [0.717, 1.165) is 31.1 Å². The zero-order chi connectivity index (χ0) is 11.9. The van der Waals surface area contributed by atoms with E-state index < -0.39 is 8.80 Å². The molecule has 16 heavy (non-hydrogen) atoms. The van der Waals surface area contributed by atoms with Crippen LogP contribution in [-0.2, 0) is 13.3 Å². The largest absolute Gasteiger partial charge is 0.500 e. The molecule has 0 radical (unpaired) electrons. The SMILES string of the molecule is CO[Si](CCCS)(OC)OC1CCCCC1. The average Bonchev–Trinajstić information content (AvgIpc) is 2.36. The Morgan fingerprint density at radius 3 is 2.25 bits per heavy atom. The Morgan fingerprint density at radius 1 is 1.12 bits per heavy atom. The molecule has 0 N–H and O–H groups in total. The van der Waals surface area contributed by atoms with Crippen LogP contribution in [0.3, 0.4) is 0 Å². The summed E-state index contributed by atoms with van der Waals surface area (Å²) in [5.41, 5.74) is 0. The van der Waals surface area contributed by atoms with Gasteiger partial charge in [-0.25, -0.2) is 0 Å². The first-order valence-electron chi connectivity index (χ1n) is 6.15. The highest BCUT2D eigenvalue weighted by Crippen LogP contribution is 2.26. The molecule has 0 aromatic rings. The van der Waals surface area contributed by atoms with Crippen molar-refractivity contribution in [1.82, 2.24) is 0 Å². The summed E-state index contributed by atoms with van der Waals surface area (Å²) < 4.78 is 17.2. The third-order valence-corrected chi connectivity index (χ3v) is 6.38. The molecular formula is C11H24O3SSi.